The number of thiophene rings is 1. The molecule has 0 saturated heterocycles. The maximum absolute atomic E-state index is 12.9. The number of nitrogens with zero attached hydrogens (tertiary/aromatic N) is 4. The van der Waals surface area contributed by atoms with Gasteiger partial charge in [0.1, 0.15) is 4.83 Å². The van der Waals surface area contributed by atoms with Crippen molar-refractivity contribution < 1.29 is 4.79 Å². The fraction of sp³-hybridized carbons (Fsp3) is 0.300. The summed E-state index contributed by atoms with van der Waals surface area (Å²) in [6.45, 7) is 4.34. The number of hydrogen-bond acceptors (Lipinski definition) is 6. The molecule has 3 aromatic rings. The molecule has 3 rings (SSSR count). The number of hydrogen-bond donors (Lipinski definition) is 0. The molecule has 0 aliphatic heterocycles. The zero-order valence-corrected chi connectivity index (χ0v) is 17.6. The van der Waals surface area contributed by atoms with Crippen LogP contribution in [0.25, 0.3) is 10.2 Å². The zero-order chi connectivity index (χ0) is 20.3. The van der Waals surface area contributed by atoms with Crippen LogP contribution in [-0.4, -0.2) is 27.8 Å². The van der Waals surface area contributed by atoms with Crippen LogP contribution < -0.4 is 10.5 Å². The summed E-state index contributed by atoms with van der Waals surface area (Å²) in [5.41, 5.74) is 2.90. The molecule has 0 spiro atoms. The number of benzene rings is 1. The molecular formula is C20H20N4O2S2. The van der Waals surface area contributed by atoms with Gasteiger partial charge in [-0.2, -0.15) is 5.26 Å². The van der Waals surface area contributed by atoms with Crippen molar-refractivity contribution in [2.24, 2.45) is 7.05 Å². The van der Waals surface area contributed by atoms with Crippen LogP contribution in [0.15, 0.2) is 39.6 Å². The average molecular weight is 413 g/mol. The number of fused-ring (bicyclic) bond motifs is 1. The molecule has 2 heterocycles. The molecular weight excluding hydrogens is 392 g/mol. The van der Waals surface area contributed by atoms with Crippen LogP contribution in [0.1, 0.15) is 17.5 Å². The average Bonchev–Trinajstić information content (AvgIpc) is 3.15. The van der Waals surface area contributed by atoms with Gasteiger partial charge in [-0.1, -0.05) is 17.8 Å². The van der Waals surface area contributed by atoms with Crippen LogP contribution >= 0.6 is 23.1 Å². The van der Waals surface area contributed by atoms with Crippen LogP contribution in [0.4, 0.5) is 5.69 Å². The number of carbonyl (C=O) groups excluding carboxylic acids is 1. The molecule has 0 radical (unpaired) electrons. The molecule has 144 valence electrons. The number of aryl methyl sites for hydroxylation is 2. The van der Waals surface area contributed by atoms with Gasteiger partial charge in [-0.15, -0.1) is 11.3 Å². The van der Waals surface area contributed by atoms with Crippen LogP contribution in [0.5, 0.6) is 0 Å². The second kappa shape index (κ2) is 8.59. The summed E-state index contributed by atoms with van der Waals surface area (Å²) in [4.78, 5) is 32.1. The quantitative estimate of drug-likeness (QED) is 0.456. The molecule has 28 heavy (non-hydrogen) atoms. The first kappa shape index (κ1) is 20.1. The van der Waals surface area contributed by atoms with Gasteiger partial charge in [-0.25, -0.2) is 4.98 Å². The molecule has 0 saturated carbocycles. The number of amides is 1. The third kappa shape index (κ3) is 4.11. The Hall–Kier alpha value is -2.63. The molecule has 0 bridgehead atoms. The summed E-state index contributed by atoms with van der Waals surface area (Å²) in [5.74, 6) is 0.0132. The van der Waals surface area contributed by atoms with Crippen molar-refractivity contribution in [1.82, 2.24) is 9.55 Å². The topological polar surface area (TPSA) is 79.0 Å². The van der Waals surface area contributed by atoms with E-state index in [2.05, 4.69) is 11.1 Å². The van der Waals surface area contributed by atoms with E-state index < -0.39 is 0 Å². The first-order valence-electron chi connectivity index (χ1n) is 8.74. The Balaban J connectivity index is 1.82. The largest absolute Gasteiger partial charge is 0.311 e. The third-order valence-corrected chi connectivity index (χ3v) is 6.36. The molecule has 1 aromatic carbocycles. The van der Waals surface area contributed by atoms with E-state index in [1.807, 2.05) is 37.4 Å². The van der Waals surface area contributed by atoms with Crippen LogP contribution in [-0.2, 0) is 11.8 Å². The van der Waals surface area contributed by atoms with E-state index in [9.17, 15) is 9.59 Å². The lowest BCUT2D eigenvalue weighted by molar-refractivity contribution is -0.116. The highest BCUT2D eigenvalue weighted by atomic mass is 32.2. The molecule has 8 heteroatoms. The standard InChI is InChI=1S/C20H20N4O2S2/c1-13-5-6-15(11-14(13)2)24(9-4-8-21)17(25)12-28-20-22-18-16(7-10-27-18)19(26)23(20)3/h5-7,10-11H,4,9,12H2,1-3H3. The normalized spacial score (nSPS) is 10.8. The first-order chi connectivity index (χ1) is 13.4. The summed E-state index contributed by atoms with van der Waals surface area (Å²) >= 11 is 2.64. The number of rotatable bonds is 6. The first-order valence-corrected chi connectivity index (χ1v) is 10.6. The van der Waals surface area contributed by atoms with Gasteiger partial charge in [0.05, 0.1) is 23.6 Å². The predicted octanol–water partition coefficient (Wildman–Crippen LogP) is 3.65. The summed E-state index contributed by atoms with van der Waals surface area (Å²) in [6.07, 6.45) is 0.251. The molecule has 0 unspecified atom stereocenters. The summed E-state index contributed by atoms with van der Waals surface area (Å²) in [6, 6.07) is 9.69. The van der Waals surface area contributed by atoms with E-state index in [0.29, 0.717) is 21.9 Å². The number of aromatic nitrogens is 2. The SMILES string of the molecule is Cc1ccc(N(CCC#N)C(=O)CSc2nc3sccc3c(=O)n2C)cc1C. The van der Waals surface area contributed by atoms with Crippen LogP contribution in [0.3, 0.4) is 0 Å². The van der Waals surface area contributed by atoms with Crippen molar-refractivity contribution in [2.75, 3.05) is 17.2 Å². The Morgan fingerprint density at radius 2 is 2.11 bits per heavy atom. The fourth-order valence-electron chi connectivity index (χ4n) is 2.77. The van der Waals surface area contributed by atoms with E-state index in [0.717, 1.165) is 16.8 Å². The zero-order valence-electron chi connectivity index (χ0n) is 15.9. The summed E-state index contributed by atoms with van der Waals surface area (Å²) in [5, 5.41) is 11.9. The highest BCUT2D eigenvalue weighted by Crippen LogP contribution is 2.23. The maximum Gasteiger partial charge on any atom is 0.262 e. The van der Waals surface area contributed by atoms with Crippen molar-refractivity contribution in [1.29, 1.82) is 5.26 Å². The van der Waals surface area contributed by atoms with Crippen molar-refractivity contribution in [3.63, 3.8) is 0 Å². The summed E-state index contributed by atoms with van der Waals surface area (Å²) in [7, 11) is 1.66. The van der Waals surface area contributed by atoms with Gasteiger partial charge in [-0.3, -0.25) is 14.2 Å². The van der Waals surface area contributed by atoms with Gasteiger partial charge in [0.2, 0.25) is 5.91 Å². The van der Waals surface area contributed by atoms with Crippen LogP contribution in [0, 0.1) is 25.2 Å². The van der Waals surface area contributed by atoms with Crippen molar-refractivity contribution in [3.05, 3.63) is 51.1 Å². The number of anilines is 1. The minimum atomic E-state index is -0.121. The van der Waals surface area contributed by atoms with Gasteiger partial charge < -0.3 is 4.90 Å². The Morgan fingerprint density at radius 3 is 2.82 bits per heavy atom. The highest BCUT2D eigenvalue weighted by molar-refractivity contribution is 7.99. The molecule has 2 aromatic heterocycles. The van der Waals surface area contributed by atoms with Gasteiger partial charge in [0.15, 0.2) is 5.16 Å². The number of carbonyl (C=O) groups is 1. The van der Waals surface area contributed by atoms with E-state index in [1.54, 1.807) is 18.0 Å². The molecule has 0 N–H and O–H groups in total. The fourth-order valence-corrected chi connectivity index (χ4v) is 4.42. The van der Waals surface area contributed by atoms with Gasteiger partial charge >= 0.3 is 0 Å². The summed E-state index contributed by atoms with van der Waals surface area (Å²) < 4.78 is 1.47. The van der Waals surface area contributed by atoms with Crippen LogP contribution in [0.2, 0.25) is 0 Å². The second-order valence-corrected chi connectivity index (χ2v) is 8.25. The third-order valence-electron chi connectivity index (χ3n) is 4.54. The van der Waals surface area contributed by atoms with Crippen molar-refractivity contribution in [3.8, 4) is 6.07 Å². The highest BCUT2D eigenvalue weighted by Gasteiger charge is 2.18. The predicted molar refractivity (Wildman–Crippen MR) is 114 cm³/mol. The van der Waals surface area contributed by atoms with E-state index in [-0.39, 0.29) is 23.6 Å². The minimum absolute atomic E-state index is 0.114. The van der Waals surface area contributed by atoms with E-state index in [4.69, 9.17) is 5.26 Å². The molecule has 0 aliphatic carbocycles. The van der Waals surface area contributed by atoms with E-state index in [1.165, 1.54) is 27.7 Å². The number of nitriles is 1. The smallest absolute Gasteiger partial charge is 0.262 e. The molecule has 1 amide bonds. The molecule has 0 aliphatic rings. The van der Waals surface area contributed by atoms with Gasteiger partial charge in [0.25, 0.3) is 5.56 Å². The molecule has 0 atom stereocenters. The Bertz CT molecular complexity index is 1130. The maximum atomic E-state index is 12.9. The minimum Gasteiger partial charge on any atom is -0.311 e. The number of thioether (sulfide) groups is 1. The Labute approximate surface area is 171 Å². The van der Waals surface area contributed by atoms with Crippen molar-refractivity contribution >= 4 is 44.9 Å². The molecule has 6 nitrogen and oxygen atoms in total. The van der Waals surface area contributed by atoms with Crippen molar-refractivity contribution in [2.45, 2.75) is 25.4 Å². The molecule has 0 fully saturated rings. The second-order valence-electron chi connectivity index (χ2n) is 6.41. The lowest BCUT2D eigenvalue weighted by Gasteiger charge is -2.22. The lowest BCUT2D eigenvalue weighted by Crippen LogP contribution is -2.33. The Morgan fingerprint density at radius 1 is 1.32 bits per heavy atom. The van der Waals surface area contributed by atoms with E-state index >= 15 is 0 Å². The van der Waals surface area contributed by atoms with Gasteiger partial charge in [0, 0.05) is 19.3 Å². The van der Waals surface area contributed by atoms with Gasteiger partial charge in [-0.05, 0) is 48.6 Å². The Kier molecular flexibility index (Phi) is 6.17. The lowest BCUT2D eigenvalue weighted by atomic mass is 10.1. The monoisotopic (exact) mass is 412 g/mol.